The molecule has 0 amide bonds. The van der Waals surface area contributed by atoms with Crippen LogP contribution in [0.4, 0.5) is 5.95 Å². The quantitative estimate of drug-likeness (QED) is 0.326. The molecule has 1 saturated heterocycles. The predicted molar refractivity (Wildman–Crippen MR) is 112 cm³/mol. The number of H-pyrrole nitrogens is 1. The highest BCUT2D eigenvalue weighted by Gasteiger charge is 2.15. The number of guanidine groups is 1. The van der Waals surface area contributed by atoms with Crippen molar-refractivity contribution in [1.29, 1.82) is 0 Å². The minimum Gasteiger partial charge on any atom is -0.376 e. The molecule has 0 spiro atoms. The molecule has 150 valence electrons. The van der Waals surface area contributed by atoms with Gasteiger partial charge in [-0.15, -0.1) is 0 Å². The molecular weight excluding hydrogens is 376 g/mol. The Balaban J connectivity index is 1.61. The van der Waals surface area contributed by atoms with Crippen LogP contribution in [0.2, 0.25) is 0 Å². The van der Waals surface area contributed by atoms with Crippen molar-refractivity contribution >= 4 is 29.2 Å². The van der Waals surface area contributed by atoms with Crippen LogP contribution in [0.15, 0.2) is 23.6 Å². The molecule has 0 aromatic carbocycles. The van der Waals surface area contributed by atoms with Gasteiger partial charge in [-0.2, -0.15) is 0 Å². The molecule has 4 N–H and O–H groups in total. The van der Waals surface area contributed by atoms with Crippen LogP contribution in [-0.4, -0.2) is 56.8 Å². The van der Waals surface area contributed by atoms with Crippen molar-refractivity contribution in [3.8, 4) is 0 Å². The standard InChI is InChI=1S/C18H26N8OS/c1-12-8-13(2)24-17(23-12)25-16(20-6-5-14-9-19-11-22-14)26-18(28)21-10-15-4-3-7-27-15/h8-9,11,15H,3-7,10H2,1-2H3,(H,19,22)(H3,20,21,23,24,25,26,28)/t15-/m0/s1. The third-order valence-corrected chi connectivity index (χ3v) is 4.41. The summed E-state index contributed by atoms with van der Waals surface area (Å²) >= 11 is 5.41. The fourth-order valence-electron chi connectivity index (χ4n) is 2.87. The van der Waals surface area contributed by atoms with Crippen molar-refractivity contribution in [3.05, 3.63) is 35.7 Å². The molecule has 1 fully saturated rings. The van der Waals surface area contributed by atoms with Crippen molar-refractivity contribution in [3.63, 3.8) is 0 Å². The number of nitrogens with one attached hydrogen (secondary N) is 4. The molecule has 2 aromatic rings. The summed E-state index contributed by atoms with van der Waals surface area (Å²) in [7, 11) is 0. The van der Waals surface area contributed by atoms with Crippen LogP contribution >= 0.6 is 12.2 Å². The first-order valence-corrected chi connectivity index (χ1v) is 9.77. The second kappa shape index (κ2) is 10.1. The molecule has 0 saturated carbocycles. The number of hydrogen-bond acceptors (Lipinski definition) is 6. The van der Waals surface area contributed by atoms with Gasteiger partial charge in [0, 0.05) is 49.4 Å². The van der Waals surface area contributed by atoms with Crippen molar-refractivity contribution in [2.75, 3.05) is 25.0 Å². The van der Waals surface area contributed by atoms with E-state index in [9.17, 15) is 0 Å². The van der Waals surface area contributed by atoms with Crippen molar-refractivity contribution < 1.29 is 4.74 Å². The molecule has 3 heterocycles. The average Bonchev–Trinajstić information content (AvgIpc) is 3.33. The zero-order chi connectivity index (χ0) is 19.8. The van der Waals surface area contributed by atoms with Gasteiger partial charge < -0.3 is 20.4 Å². The van der Waals surface area contributed by atoms with Crippen LogP contribution in [0.5, 0.6) is 0 Å². The Morgan fingerprint density at radius 2 is 2.18 bits per heavy atom. The van der Waals surface area contributed by atoms with Crippen LogP contribution < -0.4 is 16.0 Å². The molecule has 3 rings (SSSR count). The molecule has 2 aromatic heterocycles. The number of imidazole rings is 1. The number of aromatic amines is 1. The van der Waals surface area contributed by atoms with Crippen LogP contribution in [0.3, 0.4) is 0 Å². The molecule has 10 heteroatoms. The largest absolute Gasteiger partial charge is 0.376 e. The monoisotopic (exact) mass is 402 g/mol. The Bertz CT molecular complexity index is 782. The van der Waals surface area contributed by atoms with E-state index in [1.54, 1.807) is 12.5 Å². The first-order chi connectivity index (χ1) is 13.6. The van der Waals surface area contributed by atoms with Gasteiger partial charge in [0.05, 0.1) is 12.4 Å². The number of nitrogens with zero attached hydrogens (tertiary/aromatic N) is 4. The SMILES string of the molecule is Cc1cc(C)nc(NC(=NCCc2cnc[nH]2)NC(=S)NC[C@@H]2CCCO2)n1. The number of thiocarbonyl (C=S) groups is 1. The third kappa shape index (κ3) is 6.54. The lowest BCUT2D eigenvalue weighted by Gasteiger charge is -2.16. The fraction of sp³-hybridized carbons (Fsp3) is 0.500. The fourth-order valence-corrected chi connectivity index (χ4v) is 3.05. The number of aliphatic imine (C=N–C) groups is 1. The van der Waals surface area contributed by atoms with Crippen LogP contribution in [0.1, 0.15) is 29.9 Å². The van der Waals surface area contributed by atoms with E-state index >= 15 is 0 Å². The Kier molecular flexibility index (Phi) is 7.26. The normalized spacial score (nSPS) is 16.8. The van der Waals surface area contributed by atoms with Gasteiger partial charge in [-0.1, -0.05) is 0 Å². The third-order valence-electron chi connectivity index (χ3n) is 4.16. The van der Waals surface area contributed by atoms with Gasteiger partial charge in [-0.05, 0) is 45.0 Å². The summed E-state index contributed by atoms with van der Waals surface area (Å²) in [6.07, 6.45) is 6.53. The van der Waals surface area contributed by atoms with E-state index in [-0.39, 0.29) is 6.10 Å². The van der Waals surface area contributed by atoms with Gasteiger partial charge in [0.15, 0.2) is 5.11 Å². The molecule has 1 aliphatic rings. The summed E-state index contributed by atoms with van der Waals surface area (Å²) < 4.78 is 5.61. The maximum atomic E-state index is 5.61. The Morgan fingerprint density at radius 1 is 1.36 bits per heavy atom. The van der Waals surface area contributed by atoms with E-state index < -0.39 is 0 Å². The highest BCUT2D eigenvalue weighted by atomic mass is 32.1. The van der Waals surface area contributed by atoms with Crippen LogP contribution in [-0.2, 0) is 11.2 Å². The predicted octanol–water partition coefficient (Wildman–Crippen LogP) is 1.47. The van der Waals surface area contributed by atoms with E-state index in [0.29, 0.717) is 30.1 Å². The maximum Gasteiger partial charge on any atom is 0.229 e. The molecule has 28 heavy (non-hydrogen) atoms. The van der Waals surface area contributed by atoms with E-state index in [0.717, 1.165) is 43.0 Å². The first kappa shape index (κ1) is 20.2. The molecule has 0 unspecified atom stereocenters. The van der Waals surface area contributed by atoms with Gasteiger partial charge in [0.1, 0.15) is 0 Å². The molecule has 1 atom stereocenters. The Labute approximate surface area is 169 Å². The van der Waals surface area contributed by atoms with Gasteiger partial charge >= 0.3 is 0 Å². The first-order valence-electron chi connectivity index (χ1n) is 9.36. The molecule has 0 bridgehead atoms. The molecule has 1 aliphatic heterocycles. The Morgan fingerprint density at radius 3 is 2.86 bits per heavy atom. The minimum absolute atomic E-state index is 0.205. The number of anilines is 1. The summed E-state index contributed by atoms with van der Waals surface area (Å²) in [5, 5.41) is 9.90. The zero-order valence-corrected chi connectivity index (χ0v) is 17.0. The maximum absolute atomic E-state index is 5.61. The Hall–Kier alpha value is -2.59. The van der Waals surface area contributed by atoms with Crippen molar-refractivity contribution in [2.24, 2.45) is 4.99 Å². The lowest BCUT2D eigenvalue weighted by atomic mass is 10.2. The summed E-state index contributed by atoms with van der Waals surface area (Å²) in [5.74, 6) is 0.974. The second-order valence-electron chi connectivity index (χ2n) is 6.63. The summed E-state index contributed by atoms with van der Waals surface area (Å²) in [5.41, 5.74) is 2.78. The number of ether oxygens (including phenoxy) is 1. The number of aromatic nitrogens is 4. The summed E-state index contributed by atoms with van der Waals surface area (Å²) in [6.45, 7) is 5.90. The molecular formula is C18H26N8OS. The smallest absolute Gasteiger partial charge is 0.229 e. The molecule has 0 radical (unpaired) electrons. The summed E-state index contributed by atoms with van der Waals surface area (Å²) in [6, 6.07) is 1.92. The second-order valence-corrected chi connectivity index (χ2v) is 7.03. The highest BCUT2D eigenvalue weighted by Crippen LogP contribution is 2.10. The van der Waals surface area contributed by atoms with Gasteiger partial charge in [-0.3, -0.25) is 10.3 Å². The summed E-state index contributed by atoms with van der Waals surface area (Å²) in [4.78, 5) is 20.5. The number of aryl methyl sites for hydroxylation is 2. The van der Waals surface area contributed by atoms with E-state index in [1.807, 2.05) is 19.9 Å². The zero-order valence-electron chi connectivity index (χ0n) is 16.2. The van der Waals surface area contributed by atoms with E-state index in [2.05, 4.69) is 40.9 Å². The lowest BCUT2D eigenvalue weighted by Crippen LogP contribution is -2.45. The van der Waals surface area contributed by atoms with Gasteiger partial charge in [0.2, 0.25) is 11.9 Å². The van der Waals surface area contributed by atoms with Gasteiger partial charge in [0.25, 0.3) is 0 Å². The highest BCUT2D eigenvalue weighted by molar-refractivity contribution is 7.80. The van der Waals surface area contributed by atoms with Gasteiger partial charge in [-0.25, -0.2) is 15.0 Å². The molecule has 0 aliphatic carbocycles. The van der Waals surface area contributed by atoms with Crippen molar-refractivity contribution in [1.82, 2.24) is 30.6 Å². The molecule has 9 nitrogen and oxygen atoms in total. The topological polar surface area (TPSA) is 112 Å². The van der Waals surface area contributed by atoms with E-state index in [4.69, 9.17) is 17.0 Å². The number of hydrogen-bond donors (Lipinski definition) is 4. The van der Waals surface area contributed by atoms with Crippen molar-refractivity contribution in [2.45, 2.75) is 39.2 Å². The van der Waals surface area contributed by atoms with E-state index in [1.165, 1.54) is 0 Å². The minimum atomic E-state index is 0.205. The van der Waals surface area contributed by atoms with Crippen LogP contribution in [0.25, 0.3) is 0 Å². The lowest BCUT2D eigenvalue weighted by molar-refractivity contribution is 0.114. The van der Waals surface area contributed by atoms with Crippen LogP contribution in [0, 0.1) is 13.8 Å². The average molecular weight is 403 g/mol. The number of rotatable bonds is 6.